The first-order chi connectivity index (χ1) is 7.80. The van der Waals surface area contributed by atoms with E-state index in [0.717, 1.165) is 32.6 Å². The Hall–Kier alpha value is -1.10. The van der Waals surface area contributed by atoms with Crippen molar-refractivity contribution in [3.8, 4) is 0 Å². The molecule has 0 aliphatic rings. The minimum atomic E-state index is -0.980. The van der Waals surface area contributed by atoms with Gasteiger partial charge < -0.3 is 15.9 Å². The van der Waals surface area contributed by atoms with Crippen LogP contribution >= 0.6 is 0 Å². The van der Waals surface area contributed by atoms with E-state index >= 15 is 0 Å². The average molecular weight is 247 g/mol. The number of rotatable bonds is 7. The molecule has 0 spiro atoms. The Balaban J connectivity index is 0. The smallest absolute Gasteiger partial charge is 0.323 e. The Bertz CT molecular complexity index is 217. The van der Waals surface area contributed by atoms with Crippen LogP contribution in [0.25, 0.3) is 0 Å². The third-order valence-corrected chi connectivity index (χ3v) is 2.38. The third kappa shape index (κ3) is 11.2. The molecule has 0 saturated heterocycles. The van der Waals surface area contributed by atoms with Crippen LogP contribution < -0.4 is 5.73 Å². The lowest BCUT2D eigenvalue weighted by molar-refractivity contribution is -0.144. The predicted octanol–water partition coefficient (Wildman–Crippen LogP) is 2.24. The minimum Gasteiger partial charge on any atom is -0.481 e. The van der Waals surface area contributed by atoms with Crippen LogP contribution in [-0.2, 0) is 9.59 Å². The van der Waals surface area contributed by atoms with E-state index in [2.05, 4.69) is 0 Å². The van der Waals surface area contributed by atoms with Gasteiger partial charge in [-0.05, 0) is 12.8 Å². The first-order valence-corrected chi connectivity index (χ1v) is 6.02. The highest BCUT2D eigenvalue weighted by atomic mass is 16.4. The zero-order chi connectivity index (χ0) is 13.9. The van der Waals surface area contributed by atoms with Gasteiger partial charge in [0.15, 0.2) is 0 Å². The second-order valence-electron chi connectivity index (χ2n) is 4.19. The summed E-state index contributed by atoms with van der Waals surface area (Å²) >= 11 is 0. The number of aliphatic carboxylic acids is 2. The van der Waals surface area contributed by atoms with E-state index in [1.165, 1.54) is 0 Å². The zero-order valence-electron chi connectivity index (χ0n) is 11.0. The summed E-state index contributed by atoms with van der Waals surface area (Å²) in [4.78, 5) is 19.9. The van der Waals surface area contributed by atoms with Gasteiger partial charge in [0.2, 0.25) is 0 Å². The number of nitrogens with two attached hydrogens (primary N) is 1. The van der Waals surface area contributed by atoms with Gasteiger partial charge in [0.05, 0.1) is 0 Å². The summed E-state index contributed by atoms with van der Waals surface area (Å²) < 4.78 is 0. The Morgan fingerprint density at radius 2 is 1.35 bits per heavy atom. The van der Waals surface area contributed by atoms with Crippen LogP contribution in [0.15, 0.2) is 0 Å². The van der Waals surface area contributed by atoms with Crippen molar-refractivity contribution in [3.63, 3.8) is 0 Å². The second-order valence-corrected chi connectivity index (χ2v) is 4.19. The van der Waals surface area contributed by atoms with Crippen LogP contribution in [0.4, 0.5) is 0 Å². The summed E-state index contributed by atoms with van der Waals surface area (Å²) in [6, 6.07) is 0. The highest BCUT2D eigenvalue weighted by Gasteiger charge is 2.31. The van der Waals surface area contributed by atoms with E-state index in [1.54, 1.807) is 0 Å². The van der Waals surface area contributed by atoms with E-state index in [9.17, 15) is 4.79 Å². The lowest BCUT2D eigenvalue weighted by atomic mass is 9.88. The molecule has 0 unspecified atom stereocenters. The molecule has 102 valence electrons. The van der Waals surface area contributed by atoms with E-state index in [-0.39, 0.29) is 0 Å². The minimum absolute atomic E-state index is 0.596. The highest BCUT2D eigenvalue weighted by molar-refractivity contribution is 5.78. The molecular weight excluding hydrogens is 222 g/mol. The number of carbonyl (C=O) groups is 2. The van der Waals surface area contributed by atoms with Crippen molar-refractivity contribution in [3.05, 3.63) is 0 Å². The zero-order valence-corrected chi connectivity index (χ0v) is 11.0. The topological polar surface area (TPSA) is 101 Å². The Morgan fingerprint density at radius 3 is 1.53 bits per heavy atom. The molecule has 0 atom stereocenters. The standard InChI is InChI=1S/C10H21NO2.C2H4O2/c1-3-5-7-10(11,9(12)13)8-6-4-2;1-2(3)4/h3-8,11H2,1-2H3,(H,12,13);1H3,(H,3,4). The molecule has 5 heteroatoms. The Labute approximate surface area is 103 Å². The molecule has 0 heterocycles. The van der Waals surface area contributed by atoms with E-state index < -0.39 is 17.5 Å². The van der Waals surface area contributed by atoms with Gasteiger partial charge >= 0.3 is 5.97 Å². The molecule has 17 heavy (non-hydrogen) atoms. The van der Waals surface area contributed by atoms with Crippen LogP contribution in [0, 0.1) is 0 Å². The molecule has 0 bridgehead atoms. The van der Waals surface area contributed by atoms with E-state index in [4.69, 9.17) is 20.7 Å². The fourth-order valence-electron chi connectivity index (χ4n) is 1.32. The molecule has 4 N–H and O–H groups in total. The third-order valence-electron chi connectivity index (χ3n) is 2.38. The van der Waals surface area contributed by atoms with Crippen LogP contribution in [0.1, 0.15) is 59.3 Å². The molecule has 0 rings (SSSR count). The fourth-order valence-corrected chi connectivity index (χ4v) is 1.32. The van der Waals surface area contributed by atoms with Crippen molar-refractivity contribution in [2.45, 2.75) is 64.8 Å². The van der Waals surface area contributed by atoms with Gasteiger partial charge in [0.25, 0.3) is 5.97 Å². The summed E-state index contributed by atoms with van der Waals surface area (Å²) in [5.74, 6) is -1.69. The molecule has 0 aliphatic heterocycles. The first kappa shape index (κ1) is 18.3. The second kappa shape index (κ2) is 10.1. The van der Waals surface area contributed by atoms with Crippen LogP contribution in [0.3, 0.4) is 0 Å². The van der Waals surface area contributed by atoms with Gasteiger partial charge in [-0.3, -0.25) is 9.59 Å². The van der Waals surface area contributed by atoms with Crippen molar-refractivity contribution < 1.29 is 19.8 Å². The predicted molar refractivity (Wildman–Crippen MR) is 66.9 cm³/mol. The summed E-state index contributed by atoms with van der Waals surface area (Å²) in [5, 5.41) is 16.4. The maximum atomic E-state index is 10.9. The summed E-state index contributed by atoms with van der Waals surface area (Å²) in [5.41, 5.74) is 4.83. The van der Waals surface area contributed by atoms with Gasteiger partial charge in [-0.25, -0.2) is 0 Å². The van der Waals surface area contributed by atoms with Gasteiger partial charge in [-0.2, -0.15) is 0 Å². The van der Waals surface area contributed by atoms with Crippen molar-refractivity contribution >= 4 is 11.9 Å². The van der Waals surface area contributed by atoms with Crippen LogP contribution in [-0.4, -0.2) is 27.7 Å². The molecular formula is C12H25NO4. The average Bonchev–Trinajstić information content (AvgIpc) is 2.22. The monoisotopic (exact) mass is 247 g/mol. The van der Waals surface area contributed by atoms with E-state index in [1.807, 2.05) is 13.8 Å². The molecule has 0 aromatic carbocycles. The molecule has 0 amide bonds. The van der Waals surface area contributed by atoms with Crippen LogP contribution in [0.2, 0.25) is 0 Å². The van der Waals surface area contributed by atoms with Crippen molar-refractivity contribution in [1.82, 2.24) is 0 Å². The SMILES string of the molecule is CC(=O)O.CCCCC(N)(CCCC)C(=O)O. The van der Waals surface area contributed by atoms with Crippen LogP contribution in [0.5, 0.6) is 0 Å². The molecule has 0 saturated carbocycles. The van der Waals surface area contributed by atoms with E-state index in [0.29, 0.717) is 12.8 Å². The van der Waals surface area contributed by atoms with Crippen molar-refractivity contribution in [1.29, 1.82) is 0 Å². The Kier molecular flexibility index (Phi) is 10.8. The molecule has 0 aromatic rings. The summed E-state index contributed by atoms with van der Waals surface area (Å²) in [6.07, 6.45) is 4.98. The van der Waals surface area contributed by atoms with Gasteiger partial charge in [0, 0.05) is 6.92 Å². The van der Waals surface area contributed by atoms with Crippen molar-refractivity contribution in [2.75, 3.05) is 0 Å². The summed E-state index contributed by atoms with van der Waals surface area (Å²) in [6.45, 7) is 5.17. The lowest BCUT2D eigenvalue weighted by Crippen LogP contribution is -2.47. The number of hydrogen-bond donors (Lipinski definition) is 3. The number of hydrogen-bond acceptors (Lipinski definition) is 3. The van der Waals surface area contributed by atoms with Gasteiger partial charge in [-0.15, -0.1) is 0 Å². The normalized spacial score (nSPS) is 10.4. The van der Waals surface area contributed by atoms with Gasteiger partial charge in [0.1, 0.15) is 5.54 Å². The summed E-state index contributed by atoms with van der Waals surface area (Å²) in [7, 11) is 0. The maximum Gasteiger partial charge on any atom is 0.323 e. The lowest BCUT2D eigenvalue weighted by Gasteiger charge is -2.24. The number of carboxylic acids is 2. The highest BCUT2D eigenvalue weighted by Crippen LogP contribution is 2.18. The number of carboxylic acid groups (broad SMARTS) is 2. The maximum absolute atomic E-state index is 10.9. The molecule has 0 aromatic heterocycles. The number of unbranched alkanes of at least 4 members (excludes halogenated alkanes) is 2. The molecule has 0 radical (unpaired) electrons. The first-order valence-electron chi connectivity index (χ1n) is 6.02. The largest absolute Gasteiger partial charge is 0.481 e. The molecule has 5 nitrogen and oxygen atoms in total. The fraction of sp³-hybridized carbons (Fsp3) is 0.833. The molecule has 0 aliphatic carbocycles. The Morgan fingerprint density at radius 1 is 1.06 bits per heavy atom. The molecule has 0 fully saturated rings. The quantitative estimate of drug-likeness (QED) is 0.640. The van der Waals surface area contributed by atoms with Gasteiger partial charge in [-0.1, -0.05) is 39.5 Å². The van der Waals surface area contributed by atoms with Crippen molar-refractivity contribution in [2.24, 2.45) is 5.73 Å².